The third-order valence-corrected chi connectivity index (χ3v) is 11.5. The minimum Gasteiger partial charge on any atom is -0.480 e. The van der Waals surface area contributed by atoms with Gasteiger partial charge >= 0.3 is 5.97 Å². The van der Waals surface area contributed by atoms with Gasteiger partial charge in [0.2, 0.25) is 35.4 Å². The number of para-hydroxylation sites is 1. The van der Waals surface area contributed by atoms with Crippen LogP contribution in [0, 0.1) is 5.92 Å². The number of carbonyl (C=O) groups excluding carboxylic acids is 6. The number of aliphatic carboxylic acids is 1. The average Bonchev–Trinajstić information content (AvgIpc) is 4.14. The molecule has 24 nitrogen and oxygen atoms in total. The van der Waals surface area contributed by atoms with E-state index in [0.717, 1.165) is 10.9 Å². The zero-order valence-corrected chi connectivity index (χ0v) is 38.2. The van der Waals surface area contributed by atoms with Gasteiger partial charge in [-0.1, -0.05) is 32.0 Å². The molecule has 0 aliphatic carbocycles. The number of benzene rings is 1. The number of nitrogens with two attached hydrogens (primary N) is 3. The Morgan fingerprint density at radius 2 is 1.44 bits per heavy atom. The lowest BCUT2D eigenvalue weighted by molar-refractivity contribution is -0.142. The molecule has 1 aromatic carbocycles. The van der Waals surface area contributed by atoms with E-state index in [9.17, 15) is 43.8 Å². The lowest BCUT2D eigenvalue weighted by Gasteiger charge is -2.30. The van der Waals surface area contributed by atoms with E-state index in [2.05, 4.69) is 56.5 Å². The number of fused-ring (bicyclic) bond motifs is 1. The Balaban J connectivity index is 1.34. The number of hydrogen-bond donors (Lipinski definition) is 13. The maximum Gasteiger partial charge on any atom is 0.326 e. The number of likely N-dealkylation sites (tertiary alicyclic amines) is 1. The monoisotopic (exact) mass is 945 g/mol. The van der Waals surface area contributed by atoms with Gasteiger partial charge in [-0.3, -0.25) is 33.8 Å². The van der Waals surface area contributed by atoms with E-state index >= 15 is 0 Å². The number of aliphatic hydroxyl groups excluding tert-OH is 1. The second kappa shape index (κ2) is 24.4. The Hall–Kier alpha value is -7.34. The van der Waals surface area contributed by atoms with E-state index in [1.807, 2.05) is 38.1 Å². The van der Waals surface area contributed by atoms with E-state index in [1.54, 1.807) is 12.4 Å². The van der Waals surface area contributed by atoms with Crippen molar-refractivity contribution in [1.82, 2.24) is 56.4 Å². The minimum absolute atomic E-state index is 0.0203. The van der Waals surface area contributed by atoms with Crippen molar-refractivity contribution >= 4 is 58.3 Å². The number of aromatic nitrogens is 5. The molecule has 68 heavy (non-hydrogen) atoms. The number of rotatable bonds is 25. The molecule has 1 fully saturated rings. The van der Waals surface area contributed by atoms with Crippen LogP contribution in [0.1, 0.15) is 69.8 Å². The fourth-order valence-corrected chi connectivity index (χ4v) is 7.99. The van der Waals surface area contributed by atoms with Crippen molar-refractivity contribution in [3.05, 3.63) is 72.5 Å². The summed E-state index contributed by atoms with van der Waals surface area (Å²) in [6.07, 6.45) is 6.94. The maximum atomic E-state index is 14.5. The van der Waals surface area contributed by atoms with Gasteiger partial charge in [-0.15, -0.1) is 0 Å². The number of H-pyrrole nitrogens is 3. The van der Waals surface area contributed by atoms with Crippen molar-refractivity contribution in [3.8, 4) is 0 Å². The summed E-state index contributed by atoms with van der Waals surface area (Å²) < 4.78 is 0. The number of aliphatic imine (C=N–C) groups is 1. The van der Waals surface area contributed by atoms with Gasteiger partial charge in [0, 0.05) is 73.2 Å². The predicted octanol–water partition coefficient (Wildman–Crippen LogP) is -2.05. The van der Waals surface area contributed by atoms with Crippen LogP contribution in [-0.4, -0.2) is 149 Å². The number of imidazole rings is 2. The summed E-state index contributed by atoms with van der Waals surface area (Å²) in [6.45, 7) is 5.20. The molecule has 0 radical (unpaired) electrons. The molecule has 1 saturated heterocycles. The topological polar surface area (TPSA) is 387 Å². The molecule has 0 spiro atoms. The van der Waals surface area contributed by atoms with E-state index in [1.165, 1.54) is 30.7 Å². The van der Waals surface area contributed by atoms with E-state index in [-0.39, 0.29) is 63.5 Å². The first kappa shape index (κ1) is 51.6. The van der Waals surface area contributed by atoms with Crippen LogP contribution in [0.3, 0.4) is 0 Å². The number of nitrogens with zero attached hydrogens (tertiary/aromatic N) is 4. The van der Waals surface area contributed by atoms with Crippen molar-refractivity contribution in [2.24, 2.45) is 28.1 Å². The molecule has 4 heterocycles. The number of hydrogen-bond acceptors (Lipinski definition) is 12. The van der Waals surface area contributed by atoms with Crippen LogP contribution in [0.15, 0.2) is 60.5 Å². The Bertz CT molecular complexity index is 2360. The highest BCUT2D eigenvalue weighted by atomic mass is 16.4. The summed E-state index contributed by atoms with van der Waals surface area (Å²) in [7, 11) is 0. The second-order valence-electron chi connectivity index (χ2n) is 17.3. The molecule has 1 aliphatic heterocycles. The van der Waals surface area contributed by atoms with Gasteiger partial charge < -0.3 is 73.8 Å². The molecular formula is C44H63N15O9. The summed E-state index contributed by atoms with van der Waals surface area (Å²) in [5, 5.41) is 34.6. The number of aromatic amines is 3. The van der Waals surface area contributed by atoms with Gasteiger partial charge in [-0.2, -0.15) is 0 Å². The SMILES string of the molecule is CC(C)C[C@H](NC(=O)[C@H](Cc1c[nH]c2ccccc12)NC(=O)[C@@H]1CCCN1C(=O)[C@@H](N)Cc1cnc[nH]1)C(=O)N[C@H](C(=O)N[C@@H](CCCN=C(N)N)C(=O)N[C@@H](Cc1cnc[nH]1)C(=O)O)[C@@H](C)O. The molecule has 8 atom stereocenters. The lowest BCUT2D eigenvalue weighted by Crippen LogP contribution is -2.61. The largest absolute Gasteiger partial charge is 0.480 e. The van der Waals surface area contributed by atoms with Crippen molar-refractivity contribution in [2.45, 2.75) is 121 Å². The molecule has 24 heteroatoms. The van der Waals surface area contributed by atoms with Gasteiger partial charge in [0.1, 0.15) is 36.3 Å². The molecule has 0 unspecified atom stereocenters. The number of amides is 6. The number of guanidine groups is 1. The molecular weight excluding hydrogens is 883 g/mol. The first-order chi connectivity index (χ1) is 32.4. The van der Waals surface area contributed by atoms with Crippen LogP contribution >= 0.6 is 0 Å². The van der Waals surface area contributed by atoms with Crippen molar-refractivity contribution in [3.63, 3.8) is 0 Å². The fraction of sp³-hybridized carbons (Fsp3) is 0.500. The summed E-state index contributed by atoms with van der Waals surface area (Å²) in [5.74, 6) is -6.25. The summed E-state index contributed by atoms with van der Waals surface area (Å²) in [4.78, 5) is 118. The van der Waals surface area contributed by atoms with Crippen LogP contribution in [0.2, 0.25) is 0 Å². The molecule has 4 aromatic rings. The Labute approximate surface area is 391 Å². The lowest BCUT2D eigenvalue weighted by atomic mass is 9.99. The van der Waals surface area contributed by atoms with E-state index in [0.29, 0.717) is 29.8 Å². The van der Waals surface area contributed by atoms with Gasteiger partial charge in [0.15, 0.2) is 5.96 Å². The summed E-state index contributed by atoms with van der Waals surface area (Å²) in [5.41, 5.74) is 19.7. The summed E-state index contributed by atoms with van der Waals surface area (Å²) in [6, 6.07) is -1.55. The highest BCUT2D eigenvalue weighted by Crippen LogP contribution is 2.22. The molecule has 16 N–H and O–H groups in total. The number of carboxylic acid groups (broad SMARTS) is 1. The van der Waals surface area contributed by atoms with Crippen LogP contribution < -0.4 is 43.8 Å². The minimum atomic E-state index is -1.67. The van der Waals surface area contributed by atoms with Crippen molar-refractivity contribution < 1.29 is 43.8 Å². The number of nitrogens with one attached hydrogen (secondary N) is 8. The Kier molecular flexibility index (Phi) is 18.6. The zero-order valence-electron chi connectivity index (χ0n) is 38.2. The van der Waals surface area contributed by atoms with Gasteiger partial charge in [-0.25, -0.2) is 14.8 Å². The smallest absolute Gasteiger partial charge is 0.326 e. The fourth-order valence-electron chi connectivity index (χ4n) is 7.99. The van der Waals surface area contributed by atoms with Crippen LogP contribution in [0.25, 0.3) is 10.9 Å². The summed E-state index contributed by atoms with van der Waals surface area (Å²) >= 11 is 0. The number of aliphatic hydroxyl groups is 1. The van der Waals surface area contributed by atoms with Crippen LogP contribution in [0.5, 0.6) is 0 Å². The molecule has 368 valence electrons. The maximum absolute atomic E-state index is 14.5. The predicted molar refractivity (Wildman–Crippen MR) is 248 cm³/mol. The quantitative estimate of drug-likeness (QED) is 0.0193. The molecule has 0 saturated carbocycles. The van der Waals surface area contributed by atoms with Gasteiger partial charge in [-0.05, 0) is 56.6 Å². The zero-order chi connectivity index (χ0) is 49.5. The molecule has 0 bridgehead atoms. The Morgan fingerprint density at radius 3 is 2.07 bits per heavy atom. The number of carboxylic acids is 1. The van der Waals surface area contributed by atoms with E-state index < -0.39 is 89.8 Å². The number of carbonyl (C=O) groups is 7. The van der Waals surface area contributed by atoms with Crippen molar-refractivity contribution in [2.75, 3.05) is 13.1 Å². The van der Waals surface area contributed by atoms with Gasteiger partial charge in [0.05, 0.1) is 24.8 Å². The third-order valence-electron chi connectivity index (χ3n) is 11.5. The van der Waals surface area contributed by atoms with E-state index in [4.69, 9.17) is 17.2 Å². The van der Waals surface area contributed by atoms with Crippen LogP contribution in [0.4, 0.5) is 0 Å². The second-order valence-corrected chi connectivity index (χ2v) is 17.3. The average molecular weight is 946 g/mol. The highest BCUT2D eigenvalue weighted by Gasteiger charge is 2.39. The third kappa shape index (κ3) is 14.6. The normalized spacial score (nSPS) is 16.7. The molecule has 5 rings (SSSR count). The Morgan fingerprint density at radius 1 is 0.809 bits per heavy atom. The highest BCUT2D eigenvalue weighted by molar-refractivity contribution is 5.98. The molecule has 6 amide bonds. The van der Waals surface area contributed by atoms with Gasteiger partial charge in [0.25, 0.3) is 0 Å². The van der Waals surface area contributed by atoms with Crippen LogP contribution in [-0.2, 0) is 52.8 Å². The standard InChI is InChI=1S/C44H63N15O9/c1-23(2)14-32(39(63)58-36(24(3)60)41(65)54-31(10-6-12-50-44(46)47)37(61)57-34(43(67)68)17-27-20-49-22-53-27)55-38(62)33(15-25-18-51-30-9-5-4-8-28(25)30)56-40(64)35-11-7-13-59(35)42(66)29(45)16-26-19-48-21-52-26/h4-5,8-9,18-24,29,31-36,51,60H,6-7,10-17,45H2,1-3H3,(H,48,52)(H,49,53)(H,54,65)(H,55,62)(H,56,64)(H,57,61)(H,58,63)(H,67,68)(H4,46,47,50)/t24-,29+,31+,32+,33+,34+,35+,36+/m1/s1. The molecule has 3 aromatic heterocycles. The van der Waals surface area contributed by atoms with Crippen molar-refractivity contribution in [1.29, 1.82) is 0 Å². The molecule has 1 aliphatic rings. The first-order valence-corrected chi connectivity index (χ1v) is 22.4. The first-order valence-electron chi connectivity index (χ1n) is 22.4.